The average molecular weight is 743 g/mol. The maximum Gasteiger partial charge on any atom is 0.410 e. The van der Waals surface area contributed by atoms with E-state index in [1.807, 2.05) is 69.2 Å². The van der Waals surface area contributed by atoms with Crippen molar-refractivity contribution in [3.05, 3.63) is 59.7 Å². The number of benzene rings is 2. The number of hydrogen-bond acceptors (Lipinski definition) is 8. The van der Waals surface area contributed by atoms with Crippen LogP contribution in [0.3, 0.4) is 0 Å². The number of carbonyl (C=O) groups excluding carboxylic acids is 4. The molecule has 11 heteroatoms. The van der Waals surface area contributed by atoms with Gasteiger partial charge in [0.2, 0.25) is 0 Å². The number of alkyl halides is 1. The standard InChI is InChI=1S/C15H19NO4.C8H14INO2.C7H6O2.2C2H6/c1-15(2,3)20-14(18)16-8-13(9-16)19-12-6-4-11(10-17)5-7-12;1-8(2,3)12-7(11)10-4-6(9)5-10;8-5-6-1-3-7(9)4-2-6;2*1-2/h4-7,10,13H,8-9H2,1-3H3;6H,4-5H2,1-3H3;1-5,9H;2*1-2H3. The SMILES string of the molecule is CC.CC.CC(C)(C)OC(=O)N1CC(I)C1.CC(C)(C)OC(=O)N1CC(Oc2ccc(C=O)cc2)C1.O=Cc1ccc(O)cc1. The van der Waals surface area contributed by atoms with Crippen LogP contribution in [0.15, 0.2) is 48.5 Å². The second-order valence-corrected chi connectivity index (χ2v) is 13.3. The van der Waals surface area contributed by atoms with Crippen molar-refractivity contribution in [1.82, 2.24) is 9.80 Å². The normalized spacial score (nSPS) is 13.9. The first-order valence-electron chi connectivity index (χ1n) is 15.1. The number of phenolic OH excluding ortho intramolecular Hbond substituents is 1. The number of likely N-dealkylation sites (tertiary alicyclic amines) is 2. The van der Waals surface area contributed by atoms with E-state index < -0.39 is 5.60 Å². The number of phenols is 1. The number of halogens is 1. The summed E-state index contributed by atoms with van der Waals surface area (Å²) in [5, 5.41) is 8.74. The largest absolute Gasteiger partial charge is 0.508 e. The molecule has 0 atom stereocenters. The third-order valence-electron chi connectivity index (χ3n) is 5.34. The summed E-state index contributed by atoms with van der Waals surface area (Å²) in [5.41, 5.74) is 0.343. The van der Waals surface area contributed by atoms with Crippen LogP contribution in [0.5, 0.6) is 11.5 Å². The highest BCUT2D eigenvalue weighted by Gasteiger charge is 2.35. The van der Waals surface area contributed by atoms with Crippen LogP contribution in [0.4, 0.5) is 9.59 Å². The number of aromatic hydroxyl groups is 1. The minimum Gasteiger partial charge on any atom is -0.508 e. The van der Waals surface area contributed by atoms with Gasteiger partial charge in [0.25, 0.3) is 0 Å². The van der Waals surface area contributed by atoms with E-state index in [-0.39, 0.29) is 29.6 Å². The molecule has 0 aliphatic carbocycles. The summed E-state index contributed by atoms with van der Waals surface area (Å²) < 4.78 is 16.7. The van der Waals surface area contributed by atoms with Gasteiger partial charge in [-0.05, 0) is 90.1 Å². The summed E-state index contributed by atoms with van der Waals surface area (Å²) in [6.07, 6.45) is 1.00. The lowest BCUT2D eigenvalue weighted by molar-refractivity contribution is -0.0221. The lowest BCUT2D eigenvalue weighted by atomic mass is 10.1. The highest BCUT2D eigenvalue weighted by molar-refractivity contribution is 14.1. The van der Waals surface area contributed by atoms with Gasteiger partial charge >= 0.3 is 12.2 Å². The van der Waals surface area contributed by atoms with Crippen LogP contribution in [0.25, 0.3) is 0 Å². The molecule has 1 N–H and O–H groups in total. The van der Waals surface area contributed by atoms with E-state index in [0.717, 1.165) is 25.7 Å². The Morgan fingerprint density at radius 3 is 1.40 bits per heavy atom. The van der Waals surface area contributed by atoms with Crippen molar-refractivity contribution in [2.75, 3.05) is 26.2 Å². The molecule has 2 aliphatic heterocycles. The van der Waals surface area contributed by atoms with Gasteiger partial charge in [-0.15, -0.1) is 0 Å². The van der Waals surface area contributed by atoms with Crippen LogP contribution in [0.1, 0.15) is 90.0 Å². The number of nitrogens with zero attached hydrogens (tertiary/aromatic N) is 2. The van der Waals surface area contributed by atoms with E-state index in [0.29, 0.717) is 33.9 Å². The van der Waals surface area contributed by atoms with Gasteiger partial charge in [0.05, 0.1) is 13.1 Å². The van der Waals surface area contributed by atoms with Gasteiger partial charge in [0.1, 0.15) is 41.4 Å². The summed E-state index contributed by atoms with van der Waals surface area (Å²) in [7, 11) is 0. The predicted molar refractivity (Wildman–Crippen MR) is 186 cm³/mol. The van der Waals surface area contributed by atoms with Crippen molar-refractivity contribution in [3.8, 4) is 11.5 Å². The fourth-order valence-corrected chi connectivity index (χ4v) is 4.21. The van der Waals surface area contributed by atoms with E-state index in [1.165, 1.54) is 12.1 Å². The summed E-state index contributed by atoms with van der Waals surface area (Å²) in [4.78, 5) is 46.9. The fourth-order valence-electron chi connectivity index (χ4n) is 3.26. The highest BCUT2D eigenvalue weighted by Crippen LogP contribution is 2.21. The molecule has 2 aliphatic rings. The van der Waals surface area contributed by atoms with Crippen LogP contribution in [0, 0.1) is 0 Å². The fraction of sp³-hybridized carbons (Fsp3) is 0.529. The molecule has 4 rings (SSSR count). The lowest BCUT2D eigenvalue weighted by Crippen LogP contribution is -2.57. The number of hydrogen-bond donors (Lipinski definition) is 1. The summed E-state index contributed by atoms with van der Waals surface area (Å²) in [6, 6.07) is 13.0. The third kappa shape index (κ3) is 17.7. The number of ether oxygens (including phenoxy) is 3. The Bertz CT molecular complexity index is 1150. The summed E-state index contributed by atoms with van der Waals surface area (Å²) in [5.74, 6) is 0.880. The van der Waals surface area contributed by atoms with Gasteiger partial charge in [-0.2, -0.15) is 0 Å². The number of rotatable bonds is 4. The first-order chi connectivity index (χ1) is 21.1. The Morgan fingerprint density at radius 2 is 1.07 bits per heavy atom. The first-order valence-corrected chi connectivity index (χ1v) is 16.4. The van der Waals surface area contributed by atoms with Crippen molar-refractivity contribution < 1.29 is 38.5 Å². The van der Waals surface area contributed by atoms with Crippen LogP contribution >= 0.6 is 22.6 Å². The monoisotopic (exact) mass is 742 g/mol. The Hall–Kier alpha value is -3.35. The summed E-state index contributed by atoms with van der Waals surface area (Å²) >= 11 is 2.33. The highest BCUT2D eigenvalue weighted by atomic mass is 127. The van der Waals surface area contributed by atoms with E-state index in [1.54, 1.807) is 46.2 Å². The van der Waals surface area contributed by atoms with Crippen LogP contribution in [-0.4, -0.2) is 87.1 Å². The zero-order valence-corrected chi connectivity index (χ0v) is 30.5. The van der Waals surface area contributed by atoms with Gasteiger partial charge in [-0.25, -0.2) is 9.59 Å². The van der Waals surface area contributed by atoms with Crippen molar-refractivity contribution in [2.24, 2.45) is 0 Å². The first kappa shape index (κ1) is 41.7. The van der Waals surface area contributed by atoms with Crippen LogP contribution in [-0.2, 0) is 9.47 Å². The molecule has 2 saturated heterocycles. The molecular weight excluding hydrogens is 691 g/mol. The molecular formula is C34H51IN2O8. The average Bonchev–Trinajstić information content (AvgIpc) is 2.94. The van der Waals surface area contributed by atoms with Gasteiger partial charge < -0.3 is 29.1 Å². The second-order valence-electron chi connectivity index (χ2n) is 11.5. The molecule has 10 nitrogen and oxygen atoms in total. The second kappa shape index (κ2) is 20.6. The molecule has 0 saturated carbocycles. The van der Waals surface area contributed by atoms with Crippen LogP contribution in [0.2, 0.25) is 0 Å². The Morgan fingerprint density at radius 1 is 0.711 bits per heavy atom. The van der Waals surface area contributed by atoms with Crippen molar-refractivity contribution >= 4 is 47.3 Å². The molecule has 0 spiro atoms. The van der Waals surface area contributed by atoms with Gasteiger partial charge in [-0.3, -0.25) is 9.59 Å². The third-order valence-corrected chi connectivity index (χ3v) is 6.12. The van der Waals surface area contributed by atoms with Gasteiger partial charge in [0, 0.05) is 28.1 Å². The topological polar surface area (TPSA) is 123 Å². The van der Waals surface area contributed by atoms with Crippen molar-refractivity contribution in [1.29, 1.82) is 0 Å². The van der Waals surface area contributed by atoms with E-state index >= 15 is 0 Å². The summed E-state index contributed by atoms with van der Waals surface area (Å²) in [6.45, 7) is 21.9. The molecule has 0 bridgehead atoms. The molecule has 252 valence electrons. The van der Waals surface area contributed by atoms with E-state index in [4.69, 9.17) is 19.3 Å². The molecule has 2 heterocycles. The Labute approximate surface area is 282 Å². The molecule has 2 aromatic rings. The van der Waals surface area contributed by atoms with Crippen molar-refractivity contribution in [3.63, 3.8) is 0 Å². The number of aldehydes is 2. The minimum atomic E-state index is -0.478. The van der Waals surface area contributed by atoms with E-state index in [9.17, 15) is 19.2 Å². The minimum absolute atomic E-state index is 0.0235. The zero-order chi connectivity index (χ0) is 34.8. The zero-order valence-electron chi connectivity index (χ0n) is 28.3. The van der Waals surface area contributed by atoms with Gasteiger partial charge in [0.15, 0.2) is 0 Å². The van der Waals surface area contributed by atoms with Crippen LogP contribution < -0.4 is 4.74 Å². The molecule has 0 unspecified atom stereocenters. The Kier molecular flexibility index (Phi) is 19.1. The molecule has 2 fully saturated rings. The number of carbonyl (C=O) groups is 4. The predicted octanol–water partition coefficient (Wildman–Crippen LogP) is 7.80. The van der Waals surface area contributed by atoms with Gasteiger partial charge in [-0.1, -0.05) is 50.3 Å². The molecule has 2 amide bonds. The van der Waals surface area contributed by atoms with E-state index in [2.05, 4.69) is 22.6 Å². The molecule has 2 aromatic carbocycles. The smallest absolute Gasteiger partial charge is 0.410 e. The molecule has 45 heavy (non-hydrogen) atoms. The maximum atomic E-state index is 11.7. The van der Waals surface area contributed by atoms with Crippen molar-refractivity contribution in [2.45, 2.75) is 90.5 Å². The molecule has 0 radical (unpaired) electrons. The Balaban J connectivity index is 0.000000660. The lowest BCUT2D eigenvalue weighted by Gasteiger charge is -2.39. The number of amides is 2. The molecule has 0 aromatic heterocycles. The quantitative estimate of drug-likeness (QED) is 0.191. The maximum absolute atomic E-state index is 11.7.